The van der Waals surface area contributed by atoms with Gasteiger partial charge in [-0.05, 0) is 32.1 Å². The Morgan fingerprint density at radius 2 is 2.00 bits per heavy atom. The highest BCUT2D eigenvalue weighted by Crippen LogP contribution is 2.29. The predicted octanol–water partition coefficient (Wildman–Crippen LogP) is 1.29. The van der Waals surface area contributed by atoms with Crippen LogP contribution >= 0.6 is 0 Å². The van der Waals surface area contributed by atoms with Crippen molar-refractivity contribution in [2.45, 2.75) is 82.9 Å². The van der Waals surface area contributed by atoms with Crippen molar-refractivity contribution < 1.29 is 13.5 Å². The fourth-order valence-electron chi connectivity index (χ4n) is 3.57. The highest BCUT2D eigenvalue weighted by Gasteiger charge is 2.39. The first kappa shape index (κ1) is 21.8. The van der Waals surface area contributed by atoms with Crippen LogP contribution in [0.25, 0.3) is 0 Å². The number of nitrogens with one attached hydrogen (secondary N) is 1. The standard InChI is InChI=1S/C18H31N3O5S/c1-4-5-6-7-9-20-12-16(17(23)19-18(20)24)27(25,26)21-10-8-13(2)11-15(21)14(3)22/h12-15,22H,4-11H2,1-3H3,(H,19,23,24)/t13-,14-,15+/m0/s1. The lowest BCUT2D eigenvalue weighted by Gasteiger charge is -2.38. The molecule has 0 spiro atoms. The topological polar surface area (TPSA) is 112 Å². The SMILES string of the molecule is CCCCCCn1cc(S(=O)(=O)N2CC[C@H](C)C[C@@H]2[C@H](C)O)c(=O)[nH]c1=O. The first-order valence-corrected chi connectivity index (χ1v) is 11.2. The Balaban J connectivity index is 2.37. The van der Waals surface area contributed by atoms with Crippen LogP contribution in [-0.2, 0) is 16.6 Å². The predicted molar refractivity (Wildman–Crippen MR) is 103 cm³/mol. The molecule has 8 nitrogen and oxygen atoms in total. The fraction of sp³-hybridized carbons (Fsp3) is 0.778. The molecule has 0 aromatic carbocycles. The van der Waals surface area contributed by atoms with Gasteiger partial charge in [-0.25, -0.2) is 13.2 Å². The molecule has 2 heterocycles. The van der Waals surface area contributed by atoms with E-state index in [4.69, 9.17) is 0 Å². The van der Waals surface area contributed by atoms with Gasteiger partial charge < -0.3 is 5.11 Å². The monoisotopic (exact) mass is 401 g/mol. The molecule has 1 aliphatic heterocycles. The van der Waals surface area contributed by atoms with E-state index in [-0.39, 0.29) is 6.54 Å². The number of rotatable bonds is 8. The highest BCUT2D eigenvalue weighted by atomic mass is 32.2. The second-order valence-corrected chi connectivity index (χ2v) is 9.42. The quantitative estimate of drug-likeness (QED) is 0.637. The number of sulfonamides is 1. The second-order valence-electron chi connectivity index (χ2n) is 7.56. The number of hydrogen-bond acceptors (Lipinski definition) is 5. The van der Waals surface area contributed by atoms with Gasteiger partial charge in [-0.2, -0.15) is 4.31 Å². The maximum Gasteiger partial charge on any atom is 0.328 e. The molecule has 1 aromatic rings. The van der Waals surface area contributed by atoms with Gasteiger partial charge in [0.25, 0.3) is 5.56 Å². The Bertz CT molecular complexity index is 843. The number of aromatic amines is 1. The van der Waals surface area contributed by atoms with Crippen LogP contribution in [0.4, 0.5) is 0 Å². The van der Waals surface area contributed by atoms with Gasteiger partial charge >= 0.3 is 5.69 Å². The number of aryl methyl sites for hydroxylation is 1. The molecule has 1 aliphatic rings. The van der Waals surface area contributed by atoms with Crippen molar-refractivity contribution >= 4 is 10.0 Å². The minimum Gasteiger partial charge on any atom is -0.392 e. The van der Waals surface area contributed by atoms with Gasteiger partial charge in [-0.3, -0.25) is 14.3 Å². The van der Waals surface area contributed by atoms with Crippen LogP contribution < -0.4 is 11.2 Å². The molecular formula is C18H31N3O5S. The number of aromatic nitrogens is 2. The van der Waals surface area contributed by atoms with E-state index in [1.807, 2.05) is 6.92 Å². The molecule has 0 radical (unpaired) electrons. The summed E-state index contributed by atoms with van der Waals surface area (Å²) >= 11 is 0. The molecule has 0 saturated carbocycles. The summed E-state index contributed by atoms with van der Waals surface area (Å²) in [6.45, 7) is 6.25. The van der Waals surface area contributed by atoms with Crippen molar-refractivity contribution in [2.24, 2.45) is 5.92 Å². The van der Waals surface area contributed by atoms with Gasteiger partial charge in [0, 0.05) is 19.3 Å². The number of H-pyrrole nitrogens is 1. The summed E-state index contributed by atoms with van der Waals surface area (Å²) in [6, 6.07) is -0.580. The van der Waals surface area contributed by atoms with Crippen molar-refractivity contribution in [2.75, 3.05) is 6.54 Å². The van der Waals surface area contributed by atoms with E-state index in [0.29, 0.717) is 25.3 Å². The first-order chi connectivity index (χ1) is 12.7. The maximum absolute atomic E-state index is 13.1. The van der Waals surface area contributed by atoms with E-state index in [1.165, 1.54) is 8.87 Å². The molecular weight excluding hydrogens is 370 g/mol. The van der Waals surface area contributed by atoms with Gasteiger partial charge in [0.05, 0.1) is 12.1 Å². The number of aliphatic hydroxyl groups excluding tert-OH is 1. The molecule has 3 atom stereocenters. The summed E-state index contributed by atoms with van der Waals surface area (Å²) in [4.78, 5) is 26.0. The summed E-state index contributed by atoms with van der Waals surface area (Å²) in [7, 11) is -4.11. The van der Waals surface area contributed by atoms with Crippen LogP contribution in [0.15, 0.2) is 20.7 Å². The zero-order valence-electron chi connectivity index (χ0n) is 16.3. The molecule has 0 aliphatic carbocycles. The Kier molecular flexibility index (Phi) is 7.41. The van der Waals surface area contributed by atoms with Crippen molar-refractivity contribution in [1.82, 2.24) is 13.9 Å². The lowest BCUT2D eigenvalue weighted by atomic mass is 9.92. The third-order valence-corrected chi connectivity index (χ3v) is 7.15. The number of aliphatic hydroxyl groups is 1. The molecule has 0 amide bonds. The largest absolute Gasteiger partial charge is 0.392 e. The fourth-order valence-corrected chi connectivity index (χ4v) is 5.33. The lowest BCUT2D eigenvalue weighted by molar-refractivity contribution is 0.0675. The molecule has 2 N–H and O–H groups in total. The molecule has 2 rings (SSSR count). The third kappa shape index (κ3) is 5.08. The molecule has 1 saturated heterocycles. The van der Waals surface area contributed by atoms with Crippen molar-refractivity contribution in [3.05, 3.63) is 27.0 Å². The van der Waals surface area contributed by atoms with E-state index < -0.39 is 38.3 Å². The van der Waals surface area contributed by atoms with Gasteiger partial charge in [-0.1, -0.05) is 33.1 Å². The van der Waals surface area contributed by atoms with E-state index in [2.05, 4.69) is 11.9 Å². The molecule has 1 fully saturated rings. The summed E-state index contributed by atoms with van der Waals surface area (Å²) in [6.07, 6.45) is 5.25. The van der Waals surface area contributed by atoms with E-state index in [9.17, 15) is 23.1 Å². The average Bonchev–Trinajstić information content (AvgIpc) is 2.59. The molecule has 27 heavy (non-hydrogen) atoms. The highest BCUT2D eigenvalue weighted by molar-refractivity contribution is 7.89. The van der Waals surface area contributed by atoms with E-state index in [1.54, 1.807) is 6.92 Å². The van der Waals surface area contributed by atoms with Gasteiger partial charge in [0.2, 0.25) is 10.0 Å². The normalized spacial score (nSPS) is 22.7. The minimum absolute atomic E-state index is 0.244. The molecule has 0 bridgehead atoms. The Hall–Kier alpha value is -1.45. The third-order valence-electron chi connectivity index (χ3n) is 5.23. The number of unbranched alkanes of at least 4 members (excludes halogenated alkanes) is 3. The van der Waals surface area contributed by atoms with Crippen LogP contribution in [0.1, 0.15) is 59.3 Å². The van der Waals surface area contributed by atoms with Crippen molar-refractivity contribution in [1.29, 1.82) is 0 Å². The molecule has 154 valence electrons. The second kappa shape index (κ2) is 9.16. The Labute approximate surface area is 160 Å². The smallest absolute Gasteiger partial charge is 0.328 e. The minimum atomic E-state index is -4.11. The first-order valence-electron chi connectivity index (χ1n) is 9.72. The van der Waals surface area contributed by atoms with Crippen molar-refractivity contribution in [3.8, 4) is 0 Å². The number of nitrogens with zero attached hydrogens (tertiary/aromatic N) is 2. The summed E-state index contributed by atoms with van der Waals surface area (Å²) in [5, 5.41) is 10.1. The molecule has 1 aromatic heterocycles. The van der Waals surface area contributed by atoms with Crippen LogP contribution in [0.2, 0.25) is 0 Å². The maximum atomic E-state index is 13.1. The number of hydrogen-bond donors (Lipinski definition) is 2. The van der Waals surface area contributed by atoms with Crippen molar-refractivity contribution in [3.63, 3.8) is 0 Å². The van der Waals surface area contributed by atoms with E-state index in [0.717, 1.165) is 31.9 Å². The Morgan fingerprint density at radius 1 is 1.30 bits per heavy atom. The lowest BCUT2D eigenvalue weighted by Crippen LogP contribution is -2.51. The Morgan fingerprint density at radius 3 is 2.63 bits per heavy atom. The molecule has 9 heteroatoms. The van der Waals surface area contributed by atoms with Gasteiger partial charge in [0.1, 0.15) is 0 Å². The summed E-state index contributed by atoms with van der Waals surface area (Å²) < 4.78 is 28.8. The zero-order valence-corrected chi connectivity index (χ0v) is 17.2. The van der Waals surface area contributed by atoms with Crippen LogP contribution in [0.3, 0.4) is 0 Å². The van der Waals surface area contributed by atoms with Gasteiger partial charge in [0.15, 0.2) is 4.90 Å². The van der Waals surface area contributed by atoms with Crippen LogP contribution in [0, 0.1) is 5.92 Å². The molecule has 0 unspecified atom stereocenters. The summed E-state index contributed by atoms with van der Waals surface area (Å²) in [5.74, 6) is 0.293. The van der Waals surface area contributed by atoms with Crippen LogP contribution in [-0.4, -0.2) is 46.1 Å². The average molecular weight is 402 g/mol. The van der Waals surface area contributed by atoms with Gasteiger partial charge in [-0.15, -0.1) is 0 Å². The zero-order chi connectivity index (χ0) is 20.2. The van der Waals surface area contributed by atoms with Crippen LogP contribution in [0.5, 0.6) is 0 Å². The van der Waals surface area contributed by atoms with E-state index >= 15 is 0 Å². The summed E-state index contributed by atoms with van der Waals surface area (Å²) in [5.41, 5.74) is -1.51. The number of piperidine rings is 1.